The number of benzene rings is 1. The van der Waals surface area contributed by atoms with Crippen molar-refractivity contribution in [3.63, 3.8) is 0 Å². The molecule has 1 N–H and O–H groups in total. The van der Waals surface area contributed by atoms with Gasteiger partial charge in [0.15, 0.2) is 0 Å². The number of nitrogens with one attached hydrogen (secondary N) is 1. The Morgan fingerprint density at radius 1 is 1.10 bits per heavy atom. The second kappa shape index (κ2) is 4.87. The number of hydrogen-bond donors (Lipinski definition) is 1. The third-order valence-corrected chi connectivity index (χ3v) is 4.42. The molecule has 0 amide bonds. The molecule has 0 radical (unpaired) electrons. The Morgan fingerprint density at radius 3 is 2.60 bits per heavy atom. The lowest BCUT2D eigenvalue weighted by molar-refractivity contribution is 0.292. The molecule has 1 saturated heterocycles. The molecule has 2 fully saturated rings. The fraction of sp³-hybridized carbons (Fsp3) is 0.375. The molecular formula is C16H18N4. The van der Waals surface area contributed by atoms with E-state index < -0.39 is 0 Å². The Bertz CT molecular complexity index is 520. The Balaban J connectivity index is 1.31. The molecule has 2 heterocycles. The van der Waals surface area contributed by atoms with Crippen LogP contribution in [0.15, 0.2) is 48.9 Å². The minimum atomic E-state index is 0.608. The van der Waals surface area contributed by atoms with Crippen LogP contribution < -0.4 is 5.32 Å². The van der Waals surface area contributed by atoms with E-state index in [1.54, 1.807) is 12.5 Å². The molecule has 2 unspecified atom stereocenters. The maximum Gasteiger partial charge on any atom is 0.129 e. The summed E-state index contributed by atoms with van der Waals surface area (Å²) in [5.74, 6) is 2.52. The fourth-order valence-corrected chi connectivity index (χ4v) is 3.35. The summed E-state index contributed by atoms with van der Waals surface area (Å²) in [6.45, 7) is 3.47. The highest BCUT2D eigenvalue weighted by Gasteiger charge is 2.55. The molecular weight excluding hydrogens is 248 g/mol. The van der Waals surface area contributed by atoms with Crippen LogP contribution in [0.3, 0.4) is 0 Å². The number of hydrogen-bond acceptors (Lipinski definition) is 4. The molecule has 2 atom stereocenters. The smallest absolute Gasteiger partial charge is 0.129 e. The van der Waals surface area contributed by atoms with Gasteiger partial charge in [0.05, 0.1) is 0 Å². The van der Waals surface area contributed by atoms with Crippen LogP contribution in [-0.2, 0) is 6.54 Å². The molecule has 2 aromatic rings. The zero-order valence-corrected chi connectivity index (χ0v) is 11.3. The van der Waals surface area contributed by atoms with Crippen molar-refractivity contribution >= 4 is 5.82 Å². The Hall–Kier alpha value is -1.94. The quantitative estimate of drug-likeness (QED) is 0.919. The van der Waals surface area contributed by atoms with Crippen LogP contribution in [-0.4, -0.2) is 34.0 Å². The van der Waals surface area contributed by atoms with Gasteiger partial charge in [-0.05, 0) is 23.5 Å². The molecule has 1 saturated carbocycles. The van der Waals surface area contributed by atoms with E-state index in [0.29, 0.717) is 6.04 Å². The first-order valence-corrected chi connectivity index (χ1v) is 7.19. The molecule has 4 nitrogen and oxygen atoms in total. The van der Waals surface area contributed by atoms with Crippen molar-refractivity contribution in [2.45, 2.75) is 12.6 Å². The van der Waals surface area contributed by atoms with E-state index in [9.17, 15) is 0 Å². The normalized spacial score (nSPS) is 28.1. The maximum absolute atomic E-state index is 4.24. The number of nitrogens with zero attached hydrogens (tertiary/aromatic N) is 3. The summed E-state index contributed by atoms with van der Waals surface area (Å²) in [4.78, 5) is 10.7. The molecule has 20 heavy (non-hydrogen) atoms. The van der Waals surface area contributed by atoms with E-state index in [1.807, 2.05) is 6.07 Å². The molecule has 0 bridgehead atoms. The lowest BCUT2D eigenvalue weighted by Crippen LogP contribution is -2.27. The van der Waals surface area contributed by atoms with E-state index in [0.717, 1.165) is 24.2 Å². The van der Waals surface area contributed by atoms with Gasteiger partial charge in [0.2, 0.25) is 0 Å². The van der Waals surface area contributed by atoms with Crippen molar-refractivity contribution in [3.05, 3.63) is 54.5 Å². The molecule has 1 aliphatic carbocycles. The summed E-state index contributed by atoms with van der Waals surface area (Å²) in [5, 5.41) is 3.52. The number of rotatable bonds is 4. The zero-order chi connectivity index (χ0) is 13.4. The van der Waals surface area contributed by atoms with Crippen LogP contribution in [0.25, 0.3) is 0 Å². The first kappa shape index (κ1) is 11.9. The van der Waals surface area contributed by atoms with Gasteiger partial charge in [0.25, 0.3) is 0 Å². The van der Waals surface area contributed by atoms with Gasteiger partial charge >= 0.3 is 0 Å². The first-order chi connectivity index (χ1) is 9.90. The van der Waals surface area contributed by atoms with Crippen LogP contribution in [0.2, 0.25) is 0 Å². The van der Waals surface area contributed by atoms with E-state index in [4.69, 9.17) is 0 Å². The summed E-state index contributed by atoms with van der Waals surface area (Å²) >= 11 is 0. The highest BCUT2D eigenvalue weighted by molar-refractivity contribution is 5.37. The Morgan fingerprint density at radius 2 is 1.90 bits per heavy atom. The monoisotopic (exact) mass is 266 g/mol. The molecule has 1 aliphatic heterocycles. The van der Waals surface area contributed by atoms with Gasteiger partial charge in [-0.3, -0.25) is 4.90 Å². The van der Waals surface area contributed by atoms with Crippen LogP contribution in [0, 0.1) is 11.8 Å². The van der Waals surface area contributed by atoms with E-state index in [-0.39, 0.29) is 0 Å². The van der Waals surface area contributed by atoms with Gasteiger partial charge in [-0.25, -0.2) is 9.97 Å². The van der Waals surface area contributed by atoms with Gasteiger partial charge in [-0.1, -0.05) is 30.3 Å². The average Bonchev–Trinajstić information content (AvgIpc) is 2.95. The summed E-state index contributed by atoms with van der Waals surface area (Å²) in [6.07, 6.45) is 3.39. The number of anilines is 1. The van der Waals surface area contributed by atoms with Gasteiger partial charge in [-0.15, -0.1) is 0 Å². The van der Waals surface area contributed by atoms with Gasteiger partial charge in [0, 0.05) is 31.9 Å². The minimum Gasteiger partial charge on any atom is -0.367 e. The molecule has 1 aromatic carbocycles. The Kier molecular flexibility index (Phi) is 2.89. The average molecular weight is 266 g/mol. The number of aromatic nitrogens is 2. The van der Waals surface area contributed by atoms with Gasteiger partial charge < -0.3 is 5.32 Å². The molecule has 0 spiro atoms. The SMILES string of the molecule is c1ccc(CN2CC3C(C2)C3Nc2ccncn2)cc1. The van der Waals surface area contributed by atoms with Gasteiger partial charge in [-0.2, -0.15) is 0 Å². The second-order valence-electron chi connectivity index (χ2n) is 5.77. The van der Waals surface area contributed by atoms with Crippen LogP contribution in [0.1, 0.15) is 5.56 Å². The topological polar surface area (TPSA) is 41.0 Å². The van der Waals surface area contributed by atoms with Crippen molar-refractivity contribution in [1.82, 2.24) is 14.9 Å². The zero-order valence-electron chi connectivity index (χ0n) is 11.3. The minimum absolute atomic E-state index is 0.608. The van der Waals surface area contributed by atoms with Crippen molar-refractivity contribution in [2.24, 2.45) is 11.8 Å². The van der Waals surface area contributed by atoms with Crippen LogP contribution >= 0.6 is 0 Å². The largest absolute Gasteiger partial charge is 0.367 e. The molecule has 1 aromatic heterocycles. The van der Waals surface area contributed by atoms with E-state index in [1.165, 1.54) is 18.7 Å². The fourth-order valence-electron chi connectivity index (χ4n) is 3.35. The predicted octanol–water partition coefficient (Wildman–Crippen LogP) is 2.02. The van der Waals surface area contributed by atoms with Gasteiger partial charge in [0.1, 0.15) is 12.1 Å². The van der Waals surface area contributed by atoms with Crippen LogP contribution in [0.4, 0.5) is 5.82 Å². The number of likely N-dealkylation sites (tertiary alicyclic amines) is 1. The van der Waals surface area contributed by atoms with E-state index >= 15 is 0 Å². The highest BCUT2D eigenvalue weighted by Crippen LogP contribution is 2.47. The lowest BCUT2D eigenvalue weighted by Gasteiger charge is -2.20. The van der Waals surface area contributed by atoms with E-state index in [2.05, 4.69) is 50.5 Å². The second-order valence-corrected chi connectivity index (χ2v) is 5.77. The maximum atomic E-state index is 4.24. The third kappa shape index (κ3) is 2.27. The van der Waals surface area contributed by atoms with Crippen molar-refractivity contribution in [3.8, 4) is 0 Å². The van der Waals surface area contributed by atoms with Crippen molar-refractivity contribution in [2.75, 3.05) is 18.4 Å². The molecule has 4 heteroatoms. The number of piperidine rings is 1. The predicted molar refractivity (Wildman–Crippen MR) is 78.1 cm³/mol. The summed E-state index contributed by atoms with van der Waals surface area (Å²) in [6, 6.07) is 13.3. The Labute approximate surface area is 118 Å². The first-order valence-electron chi connectivity index (χ1n) is 7.19. The third-order valence-electron chi connectivity index (χ3n) is 4.42. The van der Waals surface area contributed by atoms with Crippen molar-refractivity contribution < 1.29 is 0 Å². The standard InChI is InChI=1S/C16H18N4/c1-2-4-12(5-3-1)8-20-9-13-14(10-20)16(13)19-15-6-7-17-11-18-15/h1-7,11,13-14,16H,8-10H2,(H,17,18,19). The summed E-state index contributed by atoms with van der Waals surface area (Å²) in [7, 11) is 0. The summed E-state index contributed by atoms with van der Waals surface area (Å²) < 4.78 is 0. The molecule has 4 rings (SSSR count). The van der Waals surface area contributed by atoms with Crippen molar-refractivity contribution in [1.29, 1.82) is 0 Å². The summed E-state index contributed by atoms with van der Waals surface area (Å²) in [5.41, 5.74) is 1.41. The van der Waals surface area contributed by atoms with Crippen LogP contribution in [0.5, 0.6) is 0 Å². The highest BCUT2D eigenvalue weighted by atomic mass is 15.2. The molecule has 102 valence electrons. The number of fused-ring (bicyclic) bond motifs is 1. The molecule has 2 aliphatic rings. The lowest BCUT2D eigenvalue weighted by atomic mass is 10.2.